The molecule has 0 saturated carbocycles. The lowest BCUT2D eigenvalue weighted by atomic mass is 10.1. The Kier molecular flexibility index (Phi) is 4.01. The summed E-state index contributed by atoms with van der Waals surface area (Å²) in [6.07, 6.45) is -0.0497. The minimum atomic E-state index is -1.19. The van der Waals surface area contributed by atoms with E-state index in [-0.39, 0.29) is 23.9 Å². The molecule has 1 heterocycles. The molecular weight excluding hydrogens is 288 g/mol. The van der Waals surface area contributed by atoms with Gasteiger partial charge in [0.05, 0.1) is 5.69 Å². The van der Waals surface area contributed by atoms with Crippen LogP contribution in [0.15, 0.2) is 24.3 Å². The molecule has 19 heavy (non-hydrogen) atoms. The molecule has 1 atom stereocenters. The van der Waals surface area contributed by atoms with E-state index < -0.39 is 12.0 Å². The average molecular weight is 298 g/mol. The maximum absolute atomic E-state index is 12.1. The standard InChI is InChI=1S/C12H11ClN2O3S/c13-7-1-3-8(4-2-7)15-11(18)9(14-12(15)19)5-6-10(16)17/h1-4,9H,5-6H2,(H,14,19)(H,16,17)/p-1/t9-/m1/s1. The number of anilines is 1. The molecule has 1 saturated heterocycles. The zero-order chi connectivity index (χ0) is 14.0. The largest absolute Gasteiger partial charge is 0.550 e. The monoisotopic (exact) mass is 297 g/mol. The number of carboxylic acid groups (broad SMARTS) is 1. The van der Waals surface area contributed by atoms with E-state index in [0.717, 1.165) is 0 Å². The van der Waals surface area contributed by atoms with E-state index >= 15 is 0 Å². The molecule has 1 N–H and O–H groups in total. The van der Waals surface area contributed by atoms with Gasteiger partial charge in [-0.15, -0.1) is 0 Å². The van der Waals surface area contributed by atoms with Crippen LogP contribution in [-0.2, 0) is 9.59 Å². The molecule has 1 aliphatic heterocycles. The zero-order valence-corrected chi connectivity index (χ0v) is 11.3. The Morgan fingerprint density at radius 1 is 1.42 bits per heavy atom. The second-order valence-electron chi connectivity index (χ2n) is 4.06. The number of halogens is 1. The highest BCUT2D eigenvalue weighted by atomic mass is 35.5. The molecule has 0 unspecified atom stereocenters. The fraction of sp³-hybridized carbons (Fsp3) is 0.250. The van der Waals surface area contributed by atoms with Crippen LogP contribution >= 0.6 is 23.8 Å². The van der Waals surface area contributed by atoms with Gasteiger partial charge in [0.25, 0.3) is 5.91 Å². The van der Waals surface area contributed by atoms with E-state index in [1.165, 1.54) is 4.90 Å². The Balaban J connectivity index is 2.14. The third kappa shape index (κ3) is 3.02. The van der Waals surface area contributed by atoms with Gasteiger partial charge in [0, 0.05) is 11.0 Å². The van der Waals surface area contributed by atoms with Crippen LogP contribution in [0.25, 0.3) is 0 Å². The molecule has 1 aliphatic rings. The first-order valence-electron chi connectivity index (χ1n) is 5.59. The van der Waals surface area contributed by atoms with Crippen LogP contribution < -0.4 is 15.3 Å². The van der Waals surface area contributed by atoms with Crippen LogP contribution in [0.3, 0.4) is 0 Å². The molecule has 0 radical (unpaired) electrons. The van der Waals surface area contributed by atoms with Crippen molar-refractivity contribution in [2.75, 3.05) is 4.90 Å². The number of rotatable bonds is 4. The molecule has 100 valence electrons. The summed E-state index contributed by atoms with van der Waals surface area (Å²) in [7, 11) is 0. The quantitative estimate of drug-likeness (QED) is 0.818. The molecular formula is C12H10ClN2O3S-. The summed E-state index contributed by atoms with van der Waals surface area (Å²) >= 11 is 10.9. The number of aliphatic carboxylic acids is 1. The van der Waals surface area contributed by atoms with Crippen LogP contribution in [0.5, 0.6) is 0 Å². The maximum Gasteiger partial charge on any atom is 0.255 e. The molecule has 0 bridgehead atoms. The number of hydrogen-bond acceptors (Lipinski definition) is 4. The van der Waals surface area contributed by atoms with Crippen LogP contribution in [0.1, 0.15) is 12.8 Å². The topological polar surface area (TPSA) is 72.5 Å². The smallest absolute Gasteiger partial charge is 0.255 e. The van der Waals surface area contributed by atoms with Gasteiger partial charge in [-0.25, -0.2) is 0 Å². The summed E-state index contributed by atoms with van der Waals surface area (Å²) in [6, 6.07) is 6.04. The third-order valence-electron chi connectivity index (χ3n) is 2.74. The highest BCUT2D eigenvalue weighted by Gasteiger charge is 2.35. The van der Waals surface area contributed by atoms with Gasteiger partial charge in [0.15, 0.2) is 5.11 Å². The predicted molar refractivity (Wildman–Crippen MR) is 72.7 cm³/mol. The highest BCUT2D eigenvalue weighted by molar-refractivity contribution is 7.80. The van der Waals surface area contributed by atoms with Crippen LogP contribution in [-0.4, -0.2) is 23.0 Å². The first-order chi connectivity index (χ1) is 8.99. The molecule has 1 aromatic carbocycles. The fourth-order valence-electron chi connectivity index (χ4n) is 1.82. The lowest BCUT2D eigenvalue weighted by molar-refractivity contribution is -0.305. The second-order valence-corrected chi connectivity index (χ2v) is 4.89. The van der Waals surface area contributed by atoms with Gasteiger partial charge in [-0.3, -0.25) is 9.69 Å². The number of benzene rings is 1. The summed E-state index contributed by atoms with van der Waals surface area (Å²) < 4.78 is 0. The Labute approximate surface area is 120 Å². The van der Waals surface area contributed by atoms with E-state index in [4.69, 9.17) is 23.8 Å². The van der Waals surface area contributed by atoms with Gasteiger partial charge < -0.3 is 15.2 Å². The molecule has 1 amide bonds. The summed E-state index contributed by atoms with van der Waals surface area (Å²) in [5, 5.41) is 14.0. The van der Waals surface area contributed by atoms with Gasteiger partial charge in [-0.1, -0.05) is 11.6 Å². The Hall–Kier alpha value is -1.66. The van der Waals surface area contributed by atoms with E-state index in [1.807, 2.05) is 0 Å². The molecule has 5 nitrogen and oxygen atoms in total. The summed E-state index contributed by atoms with van der Waals surface area (Å²) in [5.74, 6) is -1.46. The Morgan fingerprint density at radius 2 is 2.05 bits per heavy atom. The number of carbonyl (C=O) groups is 2. The minimum Gasteiger partial charge on any atom is -0.550 e. The number of amides is 1. The first-order valence-corrected chi connectivity index (χ1v) is 6.37. The SMILES string of the molecule is O=C([O-])CC[C@H]1NC(=S)N(c2ccc(Cl)cc2)C1=O. The predicted octanol–water partition coefficient (Wildman–Crippen LogP) is 0.460. The van der Waals surface area contributed by atoms with Crippen molar-refractivity contribution in [2.45, 2.75) is 18.9 Å². The summed E-state index contributed by atoms with van der Waals surface area (Å²) in [5.41, 5.74) is 0.600. The molecule has 0 aromatic heterocycles. The lowest BCUT2D eigenvalue weighted by Gasteiger charge is -2.14. The van der Waals surface area contributed by atoms with Crippen molar-refractivity contribution in [2.24, 2.45) is 0 Å². The van der Waals surface area contributed by atoms with E-state index in [2.05, 4.69) is 5.32 Å². The average Bonchev–Trinajstić information content (AvgIpc) is 2.63. The summed E-state index contributed by atoms with van der Waals surface area (Å²) in [6.45, 7) is 0. The van der Waals surface area contributed by atoms with Crippen molar-refractivity contribution in [1.82, 2.24) is 5.32 Å². The Morgan fingerprint density at radius 3 is 2.63 bits per heavy atom. The number of nitrogens with zero attached hydrogens (tertiary/aromatic N) is 1. The minimum absolute atomic E-state index is 0.144. The van der Waals surface area contributed by atoms with Crippen molar-refractivity contribution in [3.05, 3.63) is 29.3 Å². The molecule has 2 rings (SSSR count). The molecule has 0 aliphatic carbocycles. The number of carbonyl (C=O) groups excluding carboxylic acids is 2. The van der Waals surface area contributed by atoms with E-state index in [0.29, 0.717) is 10.7 Å². The Bertz CT molecular complexity index is 532. The van der Waals surface area contributed by atoms with Crippen molar-refractivity contribution < 1.29 is 14.7 Å². The molecule has 1 aromatic rings. The van der Waals surface area contributed by atoms with Gasteiger partial charge in [0.2, 0.25) is 0 Å². The van der Waals surface area contributed by atoms with Gasteiger partial charge in [-0.2, -0.15) is 0 Å². The summed E-state index contributed by atoms with van der Waals surface area (Å²) in [4.78, 5) is 23.9. The first kappa shape index (κ1) is 13.8. The lowest BCUT2D eigenvalue weighted by Crippen LogP contribution is -2.32. The molecule has 1 fully saturated rings. The highest BCUT2D eigenvalue weighted by Crippen LogP contribution is 2.23. The van der Waals surface area contributed by atoms with Gasteiger partial charge in [-0.05, 0) is 49.3 Å². The van der Waals surface area contributed by atoms with E-state index in [1.54, 1.807) is 24.3 Å². The van der Waals surface area contributed by atoms with Crippen molar-refractivity contribution in [1.29, 1.82) is 0 Å². The fourth-order valence-corrected chi connectivity index (χ4v) is 2.29. The number of carboxylic acids is 1. The normalized spacial score (nSPS) is 18.6. The zero-order valence-electron chi connectivity index (χ0n) is 9.76. The number of nitrogens with one attached hydrogen (secondary N) is 1. The van der Waals surface area contributed by atoms with Gasteiger partial charge in [0.1, 0.15) is 6.04 Å². The van der Waals surface area contributed by atoms with Crippen LogP contribution in [0.2, 0.25) is 5.02 Å². The van der Waals surface area contributed by atoms with Crippen molar-refractivity contribution in [3.63, 3.8) is 0 Å². The number of hydrogen-bond donors (Lipinski definition) is 1. The third-order valence-corrected chi connectivity index (χ3v) is 3.29. The van der Waals surface area contributed by atoms with Crippen LogP contribution in [0, 0.1) is 0 Å². The van der Waals surface area contributed by atoms with Crippen molar-refractivity contribution >= 4 is 46.5 Å². The van der Waals surface area contributed by atoms with E-state index in [9.17, 15) is 14.7 Å². The molecule has 7 heteroatoms. The van der Waals surface area contributed by atoms with Gasteiger partial charge >= 0.3 is 0 Å². The van der Waals surface area contributed by atoms with Crippen LogP contribution in [0.4, 0.5) is 5.69 Å². The molecule has 0 spiro atoms. The number of thiocarbonyl (C=S) groups is 1. The second kappa shape index (κ2) is 5.54. The van der Waals surface area contributed by atoms with Crippen molar-refractivity contribution in [3.8, 4) is 0 Å². The maximum atomic E-state index is 12.1.